The van der Waals surface area contributed by atoms with Crippen LogP contribution in [0.3, 0.4) is 0 Å². The molecule has 0 aliphatic carbocycles. The molecule has 0 radical (unpaired) electrons. The Balaban J connectivity index is 1.73. The van der Waals surface area contributed by atoms with E-state index < -0.39 is 46.8 Å². The van der Waals surface area contributed by atoms with Gasteiger partial charge in [0.1, 0.15) is 29.7 Å². The quantitative estimate of drug-likeness (QED) is 0.477. The summed E-state index contributed by atoms with van der Waals surface area (Å²) < 4.78 is 48.3. The average molecular weight is 490 g/mol. The van der Waals surface area contributed by atoms with Crippen molar-refractivity contribution in [1.29, 1.82) is 0 Å². The molecule has 35 heavy (non-hydrogen) atoms. The summed E-state index contributed by atoms with van der Waals surface area (Å²) in [6, 6.07) is 0.801. The number of rotatable bonds is 7. The summed E-state index contributed by atoms with van der Waals surface area (Å²) in [4.78, 5) is 41.1. The number of hydrogen-bond acceptors (Lipinski definition) is 5. The van der Waals surface area contributed by atoms with Crippen molar-refractivity contribution in [3.8, 4) is 5.75 Å². The molecule has 2 amide bonds. The third-order valence-electron chi connectivity index (χ3n) is 5.97. The van der Waals surface area contributed by atoms with E-state index in [2.05, 4.69) is 5.32 Å². The molecule has 8 nitrogen and oxygen atoms in total. The summed E-state index contributed by atoms with van der Waals surface area (Å²) in [5.74, 6) is -4.99. The average Bonchev–Trinajstić information content (AvgIpc) is 2.97. The number of amides is 2. The number of ether oxygens (including phenoxy) is 1. The molecule has 2 bridgehead atoms. The predicted molar refractivity (Wildman–Crippen MR) is 121 cm³/mol. The maximum absolute atomic E-state index is 14.0. The molecule has 0 unspecified atom stereocenters. The molecule has 1 aromatic heterocycles. The smallest absolute Gasteiger partial charge is 0.278 e. The van der Waals surface area contributed by atoms with E-state index in [-0.39, 0.29) is 36.3 Å². The van der Waals surface area contributed by atoms with Gasteiger partial charge in [0.15, 0.2) is 11.4 Å². The van der Waals surface area contributed by atoms with E-state index in [0.717, 1.165) is 6.42 Å². The highest BCUT2D eigenvalue weighted by Gasteiger charge is 2.37. The van der Waals surface area contributed by atoms with Gasteiger partial charge in [-0.2, -0.15) is 0 Å². The number of nitrogens with one attached hydrogen (secondary N) is 1. The molecule has 4 rings (SSSR count). The van der Waals surface area contributed by atoms with Gasteiger partial charge in [0.05, 0.1) is 13.2 Å². The van der Waals surface area contributed by atoms with Crippen LogP contribution in [0.1, 0.15) is 53.1 Å². The van der Waals surface area contributed by atoms with Crippen molar-refractivity contribution in [3.05, 3.63) is 75.0 Å². The van der Waals surface area contributed by atoms with Crippen LogP contribution in [0.4, 0.5) is 13.2 Å². The van der Waals surface area contributed by atoms with Gasteiger partial charge in [0.25, 0.3) is 11.8 Å². The van der Waals surface area contributed by atoms with Crippen molar-refractivity contribution in [1.82, 2.24) is 14.9 Å². The number of carbonyl (C=O) groups excluding carboxylic acids is 2. The Hall–Kier alpha value is -3.76. The zero-order valence-electron chi connectivity index (χ0n) is 19.3. The Kier molecular flexibility index (Phi) is 6.86. The summed E-state index contributed by atoms with van der Waals surface area (Å²) in [5.41, 5.74) is -1.69. The minimum Gasteiger partial charge on any atom is -0.487 e. The SMILES string of the molecule is CCCCOc1c2n(cc(C(=O)NCc3c(F)cc(F)cc3F)c1=O)N1CC=C[C@H](C)N(C1)C2=O. The van der Waals surface area contributed by atoms with Crippen molar-refractivity contribution in [3.63, 3.8) is 0 Å². The first-order chi connectivity index (χ1) is 16.7. The van der Waals surface area contributed by atoms with E-state index in [1.54, 1.807) is 9.91 Å². The first-order valence-electron chi connectivity index (χ1n) is 11.3. The summed E-state index contributed by atoms with van der Waals surface area (Å²) in [6.45, 7) is 3.99. The highest BCUT2D eigenvalue weighted by Crippen LogP contribution is 2.25. The Morgan fingerprint density at radius 2 is 1.91 bits per heavy atom. The van der Waals surface area contributed by atoms with Crippen molar-refractivity contribution >= 4 is 11.8 Å². The molecule has 186 valence electrons. The molecule has 11 heteroatoms. The molecule has 2 aliphatic heterocycles. The number of pyridine rings is 1. The molecule has 1 aromatic carbocycles. The van der Waals surface area contributed by atoms with Crippen LogP contribution in [0.2, 0.25) is 0 Å². The number of aromatic nitrogens is 1. The largest absolute Gasteiger partial charge is 0.487 e. The van der Waals surface area contributed by atoms with Crippen LogP contribution >= 0.6 is 0 Å². The van der Waals surface area contributed by atoms with Crippen molar-refractivity contribution in [2.45, 2.75) is 39.3 Å². The minimum atomic E-state index is -1.16. The third kappa shape index (κ3) is 4.62. The lowest BCUT2D eigenvalue weighted by Crippen LogP contribution is -2.55. The maximum Gasteiger partial charge on any atom is 0.278 e. The number of carbonyl (C=O) groups is 2. The number of benzene rings is 1. The number of unbranched alkanes of at least 4 members (excludes halogenated alkanes) is 1. The Morgan fingerprint density at radius 3 is 2.60 bits per heavy atom. The fourth-order valence-electron chi connectivity index (χ4n) is 4.00. The summed E-state index contributed by atoms with van der Waals surface area (Å²) >= 11 is 0. The van der Waals surface area contributed by atoms with Crippen LogP contribution in [0.15, 0.2) is 35.3 Å². The van der Waals surface area contributed by atoms with Crippen LogP contribution in [-0.2, 0) is 6.54 Å². The molecule has 1 atom stereocenters. The number of hydrogen-bond donors (Lipinski definition) is 1. The monoisotopic (exact) mass is 490 g/mol. The highest BCUT2D eigenvalue weighted by atomic mass is 19.1. The summed E-state index contributed by atoms with van der Waals surface area (Å²) in [7, 11) is 0. The summed E-state index contributed by atoms with van der Waals surface area (Å²) in [5, 5.41) is 4.07. The van der Waals surface area contributed by atoms with E-state index >= 15 is 0 Å². The Labute approximate surface area is 199 Å². The molecule has 0 fully saturated rings. The van der Waals surface area contributed by atoms with E-state index in [1.165, 1.54) is 10.9 Å². The van der Waals surface area contributed by atoms with Crippen molar-refractivity contribution in [2.75, 3.05) is 24.8 Å². The van der Waals surface area contributed by atoms with Crippen LogP contribution in [-0.4, -0.2) is 47.3 Å². The van der Waals surface area contributed by atoms with Crippen molar-refractivity contribution < 1.29 is 27.5 Å². The molecule has 3 heterocycles. The standard InChI is InChI=1S/C24H25F3N4O4/c1-3-4-8-35-22-20-24(34)30-13-29(7-5-6-14(30)2)31(20)12-17(21(22)32)23(33)28-11-16-18(26)9-15(25)10-19(16)27/h5-6,9-10,12,14H,3-4,7-8,11,13H2,1-2H3,(H,28,33)/t14-/m0/s1. The van der Waals surface area contributed by atoms with E-state index in [9.17, 15) is 27.6 Å². The number of halogens is 3. The highest BCUT2D eigenvalue weighted by molar-refractivity contribution is 5.99. The zero-order chi connectivity index (χ0) is 25.3. The van der Waals surface area contributed by atoms with Gasteiger partial charge in [-0.15, -0.1) is 0 Å². The van der Waals surface area contributed by atoms with Gasteiger partial charge in [-0.1, -0.05) is 25.5 Å². The molecule has 0 saturated carbocycles. The summed E-state index contributed by atoms with van der Waals surface area (Å²) in [6.07, 6.45) is 6.39. The lowest BCUT2D eigenvalue weighted by Gasteiger charge is -2.40. The second-order valence-electron chi connectivity index (χ2n) is 8.40. The van der Waals surface area contributed by atoms with Gasteiger partial charge in [0.2, 0.25) is 5.43 Å². The molecule has 2 aromatic rings. The second-order valence-corrected chi connectivity index (χ2v) is 8.40. The molecule has 2 aliphatic rings. The fraction of sp³-hybridized carbons (Fsp3) is 0.375. The maximum atomic E-state index is 14.0. The lowest BCUT2D eigenvalue weighted by atomic mass is 10.1. The van der Waals surface area contributed by atoms with Gasteiger partial charge in [-0.3, -0.25) is 24.1 Å². The lowest BCUT2D eigenvalue weighted by molar-refractivity contribution is 0.0656. The van der Waals surface area contributed by atoms with Gasteiger partial charge in [0, 0.05) is 36.5 Å². The van der Waals surface area contributed by atoms with Crippen LogP contribution in [0.25, 0.3) is 0 Å². The fourth-order valence-corrected chi connectivity index (χ4v) is 4.00. The van der Waals surface area contributed by atoms with Crippen LogP contribution in [0, 0.1) is 17.5 Å². The molecule has 0 saturated heterocycles. The van der Waals surface area contributed by atoms with Crippen LogP contribution in [0.5, 0.6) is 5.75 Å². The number of fused-ring (bicyclic) bond motifs is 4. The van der Waals surface area contributed by atoms with Gasteiger partial charge < -0.3 is 15.0 Å². The predicted octanol–water partition coefficient (Wildman–Crippen LogP) is 2.68. The molecule has 1 N–H and O–H groups in total. The van der Waals surface area contributed by atoms with Gasteiger partial charge >= 0.3 is 0 Å². The third-order valence-corrected chi connectivity index (χ3v) is 5.97. The topological polar surface area (TPSA) is 83.9 Å². The normalized spacial score (nSPS) is 16.7. The molecular formula is C24H25F3N4O4. The first-order valence-corrected chi connectivity index (χ1v) is 11.3. The molecular weight excluding hydrogens is 465 g/mol. The second kappa shape index (κ2) is 9.85. The van der Waals surface area contributed by atoms with Gasteiger partial charge in [-0.05, 0) is 13.3 Å². The van der Waals surface area contributed by atoms with E-state index in [0.29, 0.717) is 25.1 Å². The Bertz CT molecular complexity index is 1240. The first kappa shape index (κ1) is 24.4. The molecule has 0 spiro atoms. The van der Waals surface area contributed by atoms with Crippen molar-refractivity contribution in [2.24, 2.45) is 0 Å². The Morgan fingerprint density at radius 1 is 1.20 bits per heavy atom. The van der Waals surface area contributed by atoms with Crippen LogP contribution < -0.4 is 20.5 Å². The van der Waals surface area contributed by atoms with E-state index in [4.69, 9.17) is 4.74 Å². The minimum absolute atomic E-state index is 0.0140. The zero-order valence-corrected chi connectivity index (χ0v) is 19.3. The number of nitrogens with zero attached hydrogens (tertiary/aromatic N) is 3. The van der Waals surface area contributed by atoms with Gasteiger partial charge in [-0.25, -0.2) is 13.2 Å². The van der Waals surface area contributed by atoms with E-state index in [1.807, 2.05) is 26.0 Å².